The molecule has 1 saturated heterocycles. The van der Waals surface area contributed by atoms with Crippen LogP contribution in [0.4, 0.5) is 10.1 Å². The molecule has 8 heteroatoms. The molecular weight excluding hydrogens is 493 g/mol. The first kappa shape index (κ1) is 25.8. The zero-order valence-electron chi connectivity index (χ0n) is 21.7. The van der Waals surface area contributed by atoms with Crippen LogP contribution in [0.3, 0.4) is 0 Å². The smallest absolute Gasteiger partial charge is 0.250 e. The number of halogens is 1. The molecule has 7 nitrogen and oxygen atoms in total. The summed E-state index contributed by atoms with van der Waals surface area (Å²) in [5, 5.41) is 5.41. The number of nitrogens with zero attached hydrogens (tertiary/aromatic N) is 4. The Labute approximate surface area is 225 Å². The molecule has 3 aromatic carbocycles. The van der Waals surface area contributed by atoms with Crippen LogP contribution < -0.4 is 10.6 Å². The number of fused-ring (bicyclic) bond motifs is 1. The Morgan fingerprint density at radius 1 is 0.974 bits per heavy atom. The van der Waals surface area contributed by atoms with Crippen LogP contribution in [-0.4, -0.2) is 26.6 Å². The first-order valence-corrected chi connectivity index (χ1v) is 12.6. The van der Waals surface area contributed by atoms with Gasteiger partial charge in [0.25, 0.3) is 0 Å². The van der Waals surface area contributed by atoms with Crippen LogP contribution in [0.25, 0.3) is 16.6 Å². The average molecular weight is 522 g/mol. The molecule has 1 fully saturated rings. The molecule has 0 saturated carbocycles. The summed E-state index contributed by atoms with van der Waals surface area (Å²) in [6.45, 7) is 4.07. The van der Waals surface area contributed by atoms with E-state index in [9.17, 15) is 14.0 Å². The summed E-state index contributed by atoms with van der Waals surface area (Å²) < 4.78 is 15.1. The number of aromatic nitrogens is 3. The third-order valence-electron chi connectivity index (χ3n) is 6.82. The van der Waals surface area contributed by atoms with Crippen LogP contribution >= 0.6 is 0 Å². The van der Waals surface area contributed by atoms with Crippen molar-refractivity contribution < 1.29 is 14.0 Å². The lowest BCUT2D eigenvalue weighted by molar-refractivity contribution is -0.120. The first-order chi connectivity index (χ1) is 18.8. The number of benzene rings is 3. The molecule has 2 N–H and O–H groups in total. The number of primary amides is 1. The fourth-order valence-electron chi connectivity index (χ4n) is 4.87. The number of carbonyl (C=O) groups is 2. The first-order valence-electron chi connectivity index (χ1n) is 12.6. The highest BCUT2D eigenvalue weighted by molar-refractivity contribution is 6.00. The molecule has 2 atom stereocenters. The highest BCUT2D eigenvalue weighted by Crippen LogP contribution is 2.40. The SMILES string of the molecule is Cc1cccc([C@@H]2C[C@H](C)C(=O)N2c2ccc3c(cnn3-c3ccc(F)cc3)c2)c1.NC(=O)c1cccnc1. The van der Waals surface area contributed by atoms with Gasteiger partial charge in [-0.2, -0.15) is 5.10 Å². The van der Waals surface area contributed by atoms with Gasteiger partial charge in [-0.3, -0.25) is 14.6 Å². The van der Waals surface area contributed by atoms with Gasteiger partial charge >= 0.3 is 0 Å². The number of carbonyl (C=O) groups excluding carboxylic acids is 2. The van der Waals surface area contributed by atoms with Gasteiger partial charge in [0.1, 0.15) is 5.82 Å². The minimum Gasteiger partial charge on any atom is -0.366 e. The van der Waals surface area contributed by atoms with Crippen LogP contribution in [0.1, 0.15) is 40.9 Å². The maximum absolute atomic E-state index is 13.3. The second kappa shape index (κ2) is 10.9. The summed E-state index contributed by atoms with van der Waals surface area (Å²) in [6, 6.07) is 23.9. The molecule has 5 aromatic rings. The van der Waals surface area contributed by atoms with E-state index in [4.69, 9.17) is 5.73 Å². The Morgan fingerprint density at radius 2 is 1.74 bits per heavy atom. The number of hydrogen-bond acceptors (Lipinski definition) is 4. The van der Waals surface area contributed by atoms with Gasteiger partial charge in [-0.05, 0) is 73.5 Å². The van der Waals surface area contributed by atoms with Crippen LogP contribution in [-0.2, 0) is 4.79 Å². The van der Waals surface area contributed by atoms with Gasteiger partial charge in [0, 0.05) is 29.4 Å². The molecule has 6 rings (SSSR count). The predicted molar refractivity (Wildman–Crippen MR) is 149 cm³/mol. The minimum atomic E-state index is -0.442. The van der Waals surface area contributed by atoms with Gasteiger partial charge in [0.15, 0.2) is 0 Å². The van der Waals surface area contributed by atoms with Crippen molar-refractivity contribution in [3.63, 3.8) is 0 Å². The van der Waals surface area contributed by atoms with Gasteiger partial charge in [-0.15, -0.1) is 0 Å². The van der Waals surface area contributed by atoms with Crippen LogP contribution in [0.5, 0.6) is 0 Å². The van der Waals surface area contributed by atoms with Crippen LogP contribution in [0.15, 0.2) is 97.5 Å². The van der Waals surface area contributed by atoms with E-state index >= 15 is 0 Å². The van der Waals surface area contributed by atoms with Crippen molar-refractivity contribution in [2.75, 3.05) is 4.90 Å². The molecule has 1 aliphatic heterocycles. The molecule has 196 valence electrons. The van der Waals surface area contributed by atoms with Gasteiger partial charge < -0.3 is 10.6 Å². The molecule has 2 aromatic heterocycles. The van der Waals surface area contributed by atoms with Gasteiger partial charge in [-0.1, -0.05) is 36.8 Å². The zero-order chi connectivity index (χ0) is 27.5. The monoisotopic (exact) mass is 521 g/mol. The second-order valence-electron chi connectivity index (χ2n) is 9.66. The van der Waals surface area contributed by atoms with Crippen molar-refractivity contribution in [2.45, 2.75) is 26.3 Å². The van der Waals surface area contributed by atoms with E-state index in [0.717, 1.165) is 34.3 Å². The lowest BCUT2D eigenvalue weighted by atomic mass is 9.99. The number of anilines is 1. The Hall–Kier alpha value is -4.85. The van der Waals surface area contributed by atoms with E-state index in [0.29, 0.717) is 5.56 Å². The van der Waals surface area contributed by atoms with E-state index in [2.05, 4.69) is 35.2 Å². The molecule has 1 aliphatic rings. The minimum absolute atomic E-state index is 0.0202. The third kappa shape index (κ3) is 5.40. The summed E-state index contributed by atoms with van der Waals surface area (Å²) in [4.78, 5) is 29.1. The highest BCUT2D eigenvalue weighted by atomic mass is 19.1. The van der Waals surface area contributed by atoms with Crippen molar-refractivity contribution in [1.29, 1.82) is 0 Å². The maximum Gasteiger partial charge on any atom is 0.250 e. The molecule has 0 radical (unpaired) electrons. The Balaban J connectivity index is 0.000000292. The topological polar surface area (TPSA) is 94.1 Å². The number of nitrogens with two attached hydrogens (primary N) is 1. The quantitative estimate of drug-likeness (QED) is 0.325. The average Bonchev–Trinajstić information content (AvgIpc) is 3.50. The highest BCUT2D eigenvalue weighted by Gasteiger charge is 2.38. The largest absolute Gasteiger partial charge is 0.366 e. The van der Waals surface area contributed by atoms with Crippen LogP contribution in [0, 0.1) is 18.7 Å². The molecule has 2 amide bonds. The fraction of sp³-hybridized carbons (Fsp3) is 0.161. The van der Waals surface area contributed by atoms with Gasteiger partial charge in [-0.25, -0.2) is 9.07 Å². The molecule has 0 spiro atoms. The molecule has 0 unspecified atom stereocenters. The number of aryl methyl sites for hydroxylation is 1. The summed E-state index contributed by atoms with van der Waals surface area (Å²) >= 11 is 0. The molecular formula is C31H28FN5O2. The van der Waals surface area contributed by atoms with E-state index in [1.807, 2.05) is 36.1 Å². The summed E-state index contributed by atoms with van der Waals surface area (Å²) in [5.41, 5.74) is 10.3. The van der Waals surface area contributed by atoms with Crippen molar-refractivity contribution in [3.05, 3.63) is 120 Å². The standard InChI is InChI=1S/C25H22FN3O.C6H6N2O/c1-16-4-3-5-18(12-16)24-13-17(2)25(30)28(24)22-10-11-23-19(14-22)15-27-29(23)21-8-6-20(26)7-9-21;7-6(9)5-2-1-3-8-4-5/h3-12,14-15,17,24H,13H2,1-2H3;1-4H,(H2,7,9)/t17-,24-;/m0./s1. The van der Waals surface area contributed by atoms with Crippen molar-refractivity contribution in [3.8, 4) is 5.69 Å². The van der Waals surface area contributed by atoms with Gasteiger partial charge in [0.05, 0.1) is 29.0 Å². The number of hydrogen-bond donors (Lipinski definition) is 1. The van der Waals surface area contributed by atoms with Crippen molar-refractivity contribution in [1.82, 2.24) is 14.8 Å². The van der Waals surface area contributed by atoms with E-state index < -0.39 is 5.91 Å². The molecule has 0 aliphatic carbocycles. The summed E-state index contributed by atoms with van der Waals surface area (Å²) in [6.07, 6.45) is 5.61. The van der Waals surface area contributed by atoms with E-state index in [1.165, 1.54) is 23.9 Å². The van der Waals surface area contributed by atoms with Gasteiger partial charge in [0.2, 0.25) is 11.8 Å². The van der Waals surface area contributed by atoms with Crippen molar-refractivity contribution >= 4 is 28.4 Å². The number of rotatable bonds is 4. The molecule has 0 bridgehead atoms. The summed E-state index contributed by atoms with van der Waals surface area (Å²) in [7, 11) is 0. The fourth-order valence-corrected chi connectivity index (χ4v) is 4.87. The number of amides is 2. The number of pyridine rings is 1. The maximum atomic E-state index is 13.3. The van der Waals surface area contributed by atoms with E-state index in [1.54, 1.807) is 41.3 Å². The lowest BCUT2D eigenvalue weighted by Gasteiger charge is -2.25. The van der Waals surface area contributed by atoms with Crippen LogP contribution in [0.2, 0.25) is 0 Å². The van der Waals surface area contributed by atoms with E-state index in [-0.39, 0.29) is 23.7 Å². The molecule has 39 heavy (non-hydrogen) atoms. The Bertz CT molecular complexity index is 1630. The lowest BCUT2D eigenvalue weighted by Crippen LogP contribution is -2.28. The summed E-state index contributed by atoms with van der Waals surface area (Å²) in [5.74, 6) is -0.593. The molecule has 3 heterocycles. The Kier molecular flexibility index (Phi) is 7.19. The zero-order valence-corrected chi connectivity index (χ0v) is 21.7. The Morgan fingerprint density at radius 3 is 2.41 bits per heavy atom. The van der Waals surface area contributed by atoms with Crippen molar-refractivity contribution in [2.24, 2.45) is 11.7 Å². The third-order valence-corrected chi connectivity index (χ3v) is 6.82. The second-order valence-corrected chi connectivity index (χ2v) is 9.66. The predicted octanol–water partition coefficient (Wildman–Crippen LogP) is 5.77. The normalized spacial score (nSPS) is 16.7.